The van der Waals surface area contributed by atoms with Gasteiger partial charge in [0.2, 0.25) is 0 Å². The van der Waals surface area contributed by atoms with Crippen molar-refractivity contribution in [2.45, 2.75) is 13.8 Å². The van der Waals surface area contributed by atoms with Crippen molar-refractivity contribution in [3.05, 3.63) is 95.1 Å². The van der Waals surface area contributed by atoms with Gasteiger partial charge in [-0.2, -0.15) is 0 Å². The Kier molecular flexibility index (Phi) is 6.45. The molecule has 29 heavy (non-hydrogen) atoms. The number of hydrogen-bond acceptors (Lipinski definition) is 4. The molecule has 0 bridgehead atoms. The zero-order valence-corrected chi connectivity index (χ0v) is 17.0. The Morgan fingerprint density at radius 2 is 1.10 bits per heavy atom. The zero-order chi connectivity index (χ0) is 20.8. The molecule has 0 aromatic heterocycles. The Morgan fingerprint density at radius 3 is 1.48 bits per heavy atom. The number of ether oxygens (including phenoxy) is 1. The fourth-order valence-corrected chi connectivity index (χ4v) is 3.04. The summed E-state index contributed by atoms with van der Waals surface area (Å²) in [5.41, 5.74) is 4.27. The van der Waals surface area contributed by atoms with Gasteiger partial charge in [-0.05, 0) is 38.1 Å². The van der Waals surface area contributed by atoms with E-state index in [9.17, 15) is 9.59 Å². The van der Waals surface area contributed by atoms with E-state index < -0.39 is 0 Å². The molecule has 0 spiro atoms. The Bertz CT molecular complexity index is 915. The lowest BCUT2D eigenvalue weighted by Gasteiger charge is -2.24. The molecule has 0 amide bonds. The second kappa shape index (κ2) is 9.20. The number of carbonyl (C=O) groups is 2. The van der Waals surface area contributed by atoms with Crippen LogP contribution in [0.25, 0.3) is 0 Å². The molecule has 3 rings (SSSR count). The lowest BCUT2D eigenvalue weighted by atomic mass is 10.1. The molecule has 0 heterocycles. The monoisotopic (exact) mass is 387 g/mol. The molecule has 3 aromatic carbocycles. The molecule has 0 aliphatic carbocycles. The second-order valence-electron chi connectivity index (χ2n) is 7.13. The van der Waals surface area contributed by atoms with Gasteiger partial charge in [0.25, 0.3) is 0 Å². The van der Waals surface area contributed by atoms with Crippen LogP contribution in [-0.2, 0) is 0 Å². The summed E-state index contributed by atoms with van der Waals surface area (Å²) in [5, 5.41) is 0. The van der Waals surface area contributed by atoms with E-state index in [-0.39, 0.29) is 24.7 Å². The summed E-state index contributed by atoms with van der Waals surface area (Å²) in [7, 11) is 1.61. The van der Waals surface area contributed by atoms with E-state index in [1.165, 1.54) is 0 Å². The van der Waals surface area contributed by atoms with Gasteiger partial charge in [-0.15, -0.1) is 0 Å². The summed E-state index contributed by atoms with van der Waals surface area (Å²) in [6.07, 6.45) is 0. The fraction of sp³-hybridized carbons (Fsp3) is 0.200. The first kappa shape index (κ1) is 20.3. The van der Waals surface area contributed by atoms with Crippen LogP contribution in [0.15, 0.2) is 72.8 Å². The third-order valence-electron chi connectivity index (χ3n) is 4.85. The van der Waals surface area contributed by atoms with Gasteiger partial charge in [0.15, 0.2) is 11.6 Å². The van der Waals surface area contributed by atoms with Crippen molar-refractivity contribution in [1.29, 1.82) is 0 Å². The minimum absolute atomic E-state index is 0.0301. The van der Waals surface area contributed by atoms with Crippen molar-refractivity contribution in [2.24, 2.45) is 0 Å². The maximum Gasteiger partial charge on any atom is 0.182 e. The van der Waals surface area contributed by atoms with Gasteiger partial charge in [0, 0.05) is 16.8 Å². The van der Waals surface area contributed by atoms with Gasteiger partial charge < -0.3 is 9.64 Å². The van der Waals surface area contributed by atoms with Crippen LogP contribution >= 0.6 is 0 Å². The molecule has 0 radical (unpaired) electrons. The highest BCUT2D eigenvalue weighted by Crippen LogP contribution is 2.20. The normalized spacial score (nSPS) is 10.4. The zero-order valence-electron chi connectivity index (χ0n) is 17.0. The number of benzene rings is 3. The molecule has 0 aliphatic heterocycles. The SMILES string of the molecule is COc1ccc(N(CC(=O)c2ccc(C)cc2)CC(=O)c2ccc(C)cc2)cc1. The van der Waals surface area contributed by atoms with Crippen LogP contribution in [0.2, 0.25) is 0 Å². The van der Waals surface area contributed by atoms with Gasteiger partial charge in [-0.1, -0.05) is 59.7 Å². The second-order valence-corrected chi connectivity index (χ2v) is 7.13. The third kappa shape index (κ3) is 5.32. The first-order valence-electron chi connectivity index (χ1n) is 9.55. The van der Waals surface area contributed by atoms with E-state index in [0.29, 0.717) is 11.1 Å². The van der Waals surface area contributed by atoms with E-state index >= 15 is 0 Å². The molecule has 4 heteroatoms. The molecule has 0 atom stereocenters. The van der Waals surface area contributed by atoms with Gasteiger partial charge in [0.1, 0.15) is 5.75 Å². The van der Waals surface area contributed by atoms with Crippen LogP contribution in [0.1, 0.15) is 31.8 Å². The highest BCUT2D eigenvalue weighted by Gasteiger charge is 2.18. The number of carbonyl (C=O) groups excluding carboxylic acids is 2. The van der Waals surface area contributed by atoms with Crippen molar-refractivity contribution < 1.29 is 14.3 Å². The molecule has 0 aliphatic rings. The predicted octanol–water partition coefficient (Wildman–Crippen LogP) is 4.88. The fourth-order valence-electron chi connectivity index (χ4n) is 3.04. The van der Waals surface area contributed by atoms with Gasteiger partial charge in [0.05, 0.1) is 20.2 Å². The maximum absolute atomic E-state index is 12.8. The molecule has 3 aromatic rings. The molecule has 0 N–H and O–H groups in total. The standard InChI is InChI=1S/C25H25NO3/c1-18-4-8-20(9-5-18)24(27)16-26(22-12-14-23(29-3)15-13-22)17-25(28)21-10-6-19(2)7-11-21/h4-15H,16-17H2,1-3H3. The Balaban J connectivity index is 1.84. The van der Waals surface area contributed by atoms with Gasteiger partial charge in [-0.25, -0.2) is 0 Å². The predicted molar refractivity (Wildman–Crippen MR) is 116 cm³/mol. The van der Waals surface area contributed by atoms with Crippen molar-refractivity contribution >= 4 is 17.3 Å². The van der Waals surface area contributed by atoms with Crippen LogP contribution < -0.4 is 9.64 Å². The summed E-state index contributed by atoms with van der Waals surface area (Å²) >= 11 is 0. The van der Waals surface area contributed by atoms with Crippen LogP contribution in [0.3, 0.4) is 0 Å². The molecule has 0 saturated carbocycles. The largest absolute Gasteiger partial charge is 0.497 e. The van der Waals surface area contributed by atoms with E-state index in [1.54, 1.807) is 7.11 Å². The number of aryl methyl sites for hydroxylation is 2. The van der Waals surface area contributed by atoms with Crippen molar-refractivity contribution in [2.75, 3.05) is 25.1 Å². The van der Waals surface area contributed by atoms with Gasteiger partial charge in [-0.3, -0.25) is 9.59 Å². The minimum Gasteiger partial charge on any atom is -0.497 e. The molecule has 4 nitrogen and oxygen atoms in total. The van der Waals surface area contributed by atoms with Crippen molar-refractivity contribution in [3.8, 4) is 5.75 Å². The maximum atomic E-state index is 12.8. The van der Waals surface area contributed by atoms with Crippen LogP contribution in [0.5, 0.6) is 5.75 Å². The van der Waals surface area contributed by atoms with Crippen LogP contribution in [0, 0.1) is 13.8 Å². The number of rotatable bonds is 8. The van der Waals surface area contributed by atoms with E-state index in [4.69, 9.17) is 4.74 Å². The topological polar surface area (TPSA) is 46.6 Å². The van der Waals surface area contributed by atoms with E-state index in [0.717, 1.165) is 22.6 Å². The number of hydrogen-bond donors (Lipinski definition) is 0. The Labute approximate surface area is 171 Å². The smallest absolute Gasteiger partial charge is 0.182 e. The summed E-state index contributed by atoms with van der Waals surface area (Å²) in [4.78, 5) is 27.5. The molecule has 0 unspecified atom stereocenters. The number of ketones is 2. The Hall–Kier alpha value is -3.40. The van der Waals surface area contributed by atoms with Crippen molar-refractivity contribution in [1.82, 2.24) is 0 Å². The van der Waals surface area contributed by atoms with Crippen LogP contribution in [0.4, 0.5) is 5.69 Å². The molecule has 0 saturated heterocycles. The first-order chi connectivity index (χ1) is 14.0. The first-order valence-corrected chi connectivity index (χ1v) is 9.55. The number of nitrogens with zero attached hydrogens (tertiary/aromatic N) is 1. The molecular weight excluding hydrogens is 362 g/mol. The van der Waals surface area contributed by atoms with E-state index in [2.05, 4.69) is 0 Å². The lowest BCUT2D eigenvalue weighted by Crippen LogP contribution is -2.34. The quantitative estimate of drug-likeness (QED) is 0.517. The Morgan fingerprint density at radius 1 is 0.690 bits per heavy atom. The summed E-state index contributed by atoms with van der Waals surface area (Å²) in [6.45, 7) is 4.20. The highest BCUT2D eigenvalue weighted by molar-refractivity contribution is 6.03. The molecule has 0 fully saturated rings. The van der Waals surface area contributed by atoms with Gasteiger partial charge >= 0.3 is 0 Å². The molecule has 148 valence electrons. The average molecular weight is 387 g/mol. The summed E-state index contributed by atoms with van der Waals surface area (Å²) < 4.78 is 5.22. The summed E-state index contributed by atoms with van der Waals surface area (Å²) in [5.74, 6) is 0.665. The number of anilines is 1. The van der Waals surface area contributed by atoms with E-state index in [1.807, 2.05) is 91.5 Å². The summed E-state index contributed by atoms with van der Waals surface area (Å²) in [6, 6.07) is 22.4. The number of methoxy groups -OCH3 is 1. The highest BCUT2D eigenvalue weighted by atomic mass is 16.5. The lowest BCUT2D eigenvalue weighted by molar-refractivity contribution is 0.0984. The minimum atomic E-state index is -0.0301. The third-order valence-corrected chi connectivity index (χ3v) is 4.85. The van der Waals surface area contributed by atoms with Crippen molar-refractivity contribution in [3.63, 3.8) is 0 Å². The number of Topliss-reactive ketones (excluding diaryl/α,β-unsaturated/α-hetero) is 2. The molecular formula is C25H25NO3. The average Bonchev–Trinajstić information content (AvgIpc) is 2.74. The van der Waals surface area contributed by atoms with Crippen LogP contribution in [-0.4, -0.2) is 31.8 Å².